The van der Waals surface area contributed by atoms with Gasteiger partial charge in [0.1, 0.15) is 17.4 Å². The van der Waals surface area contributed by atoms with Crippen LogP contribution in [0.4, 0.5) is 13.2 Å². The zero-order valence-electron chi connectivity index (χ0n) is 13.6. The first kappa shape index (κ1) is 18.5. The Balaban J connectivity index is 1.67. The molecular formula is C16H15F3N2O4S. The van der Waals surface area contributed by atoms with Gasteiger partial charge < -0.3 is 9.47 Å². The van der Waals surface area contributed by atoms with Crippen molar-refractivity contribution in [2.75, 3.05) is 20.2 Å². The van der Waals surface area contributed by atoms with E-state index in [1.165, 1.54) is 37.6 Å². The molecule has 0 spiro atoms. The first-order valence-corrected chi connectivity index (χ1v) is 8.99. The summed E-state index contributed by atoms with van der Waals surface area (Å²) in [5.41, 5.74) is -0.989. The molecule has 0 saturated carbocycles. The Labute approximate surface area is 148 Å². The van der Waals surface area contributed by atoms with E-state index in [1.54, 1.807) is 0 Å². The topological polar surface area (TPSA) is 68.7 Å². The molecule has 26 heavy (non-hydrogen) atoms. The number of pyridine rings is 1. The Hall–Kier alpha value is -2.33. The normalized spacial score (nSPS) is 16.2. The highest BCUT2D eigenvalue weighted by atomic mass is 32.2. The van der Waals surface area contributed by atoms with Crippen molar-refractivity contribution in [2.24, 2.45) is 0 Å². The van der Waals surface area contributed by atoms with Crippen molar-refractivity contribution in [2.45, 2.75) is 17.2 Å². The third kappa shape index (κ3) is 3.61. The maximum absolute atomic E-state index is 12.9. The van der Waals surface area contributed by atoms with Crippen LogP contribution in [0.2, 0.25) is 0 Å². The van der Waals surface area contributed by atoms with Gasteiger partial charge in [-0.25, -0.2) is 13.4 Å². The molecule has 1 aliphatic rings. The molecule has 6 nitrogen and oxygen atoms in total. The van der Waals surface area contributed by atoms with Gasteiger partial charge in [-0.05, 0) is 36.4 Å². The summed E-state index contributed by atoms with van der Waals surface area (Å²) < 4.78 is 75.1. The molecule has 3 rings (SSSR count). The summed E-state index contributed by atoms with van der Waals surface area (Å²) in [7, 11) is -2.27. The summed E-state index contributed by atoms with van der Waals surface area (Å²) in [6.07, 6.45) is -4.10. The minimum Gasteiger partial charge on any atom is -0.497 e. The smallest absolute Gasteiger partial charge is 0.421 e. The molecule has 1 aliphatic heterocycles. The molecular weight excluding hydrogens is 373 g/mol. The van der Waals surface area contributed by atoms with Crippen LogP contribution in [0.3, 0.4) is 0 Å². The molecule has 0 N–H and O–H groups in total. The molecule has 0 radical (unpaired) electrons. The van der Waals surface area contributed by atoms with E-state index in [4.69, 9.17) is 9.47 Å². The minimum atomic E-state index is -4.60. The van der Waals surface area contributed by atoms with Crippen molar-refractivity contribution in [3.63, 3.8) is 0 Å². The van der Waals surface area contributed by atoms with E-state index in [1.807, 2.05) is 0 Å². The van der Waals surface area contributed by atoms with Crippen molar-refractivity contribution in [3.8, 4) is 11.6 Å². The lowest BCUT2D eigenvalue weighted by Crippen LogP contribution is -2.56. The maximum Gasteiger partial charge on any atom is 0.421 e. The Morgan fingerprint density at radius 3 is 2.38 bits per heavy atom. The highest BCUT2D eigenvalue weighted by Crippen LogP contribution is 2.36. The number of alkyl halides is 3. The van der Waals surface area contributed by atoms with E-state index in [0.29, 0.717) is 5.75 Å². The van der Waals surface area contributed by atoms with Crippen molar-refractivity contribution in [1.82, 2.24) is 9.29 Å². The molecule has 0 atom stereocenters. The van der Waals surface area contributed by atoms with Crippen LogP contribution < -0.4 is 9.47 Å². The van der Waals surface area contributed by atoms with Crippen molar-refractivity contribution in [1.29, 1.82) is 0 Å². The fraction of sp³-hybridized carbons (Fsp3) is 0.312. The number of methoxy groups -OCH3 is 1. The SMILES string of the molecule is COc1ccc(S(=O)(=O)N2CC(Oc3ncccc3C(F)(F)F)C2)cc1. The Morgan fingerprint density at radius 2 is 1.81 bits per heavy atom. The maximum atomic E-state index is 12.9. The number of nitrogens with zero attached hydrogens (tertiary/aromatic N) is 2. The molecule has 0 unspecified atom stereocenters. The number of halogens is 3. The van der Waals surface area contributed by atoms with Gasteiger partial charge in [0.15, 0.2) is 0 Å². The van der Waals surface area contributed by atoms with Gasteiger partial charge >= 0.3 is 6.18 Å². The highest BCUT2D eigenvalue weighted by molar-refractivity contribution is 7.89. The summed E-state index contributed by atoms with van der Waals surface area (Å²) >= 11 is 0. The van der Waals surface area contributed by atoms with Gasteiger partial charge in [-0.2, -0.15) is 17.5 Å². The van der Waals surface area contributed by atoms with E-state index in [0.717, 1.165) is 16.4 Å². The standard InChI is InChI=1S/C16H15F3N2O4S/c1-24-11-4-6-13(7-5-11)26(22,23)21-9-12(10-21)25-15-14(16(17,18)19)3-2-8-20-15/h2-8,12H,9-10H2,1H3. The number of hydrogen-bond acceptors (Lipinski definition) is 5. The predicted molar refractivity (Wildman–Crippen MR) is 85.4 cm³/mol. The van der Waals surface area contributed by atoms with Gasteiger partial charge in [-0.15, -0.1) is 0 Å². The van der Waals surface area contributed by atoms with E-state index in [-0.39, 0.29) is 18.0 Å². The van der Waals surface area contributed by atoms with Gasteiger partial charge in [-0.3, -0.25) is 0 Å². The van der Waals surface area contributed by atoms with Crippen LogP contribution in [-0.2, 0) is 16.2 Å². The summed E-state index contributed by atoms with van der Waals surface area (Å²) in [5.74, 6) is -0.0323. The molecule has 140 valence electrons. The number of hydrogen-bond donors (Lipinski definition) is 0. The number of benzene rings is 1. The Kier molecular flexibility index (Phi) is 4.80. The van der Waals surface area contributed by atoms with E-state index < -0.39 is 33.7 Å². The van der Waals surface area contributed by atoms with Crippen LogP contribution in [0.5, 0.6) is 11.6 Å². The Bertz CT molecular complexity index is 879. The quantitative estimate of drug-likeness (QED) is 0.788. The zero-order chi connectivity index (χ0) is 18.9. The number of aromatic nitrogens is 1. The zero-order valence-corrected chi connectivity index (χ0v) is 14.4. The van der Waals surface area contributed by atoms with Gasteiger partial charge in [0.2, 0.25) is 15.9 Å². The molecule has 10 heteroatoms. The molecule has 0 aliphatic carbocycles. The molecule has 0 amide bonds. The van der Waals surface area contributed by atoms with Crippen molar-refractivity contribution in [3.05, 3.63) is 48.2 Å². The van der Waals surface area contributed by atoms with Crippen molar-refractivity contribution >= 4 is 10.0 Å². The minimum absolute atomic E-state index is 0.0533. The van der Waals surface area contributed by atoms with Gasteiger partial charge in [-0.1, -0.05) is 0 Å². The van der Waals surface area contributed by atoms with E-state index in [9.17, 15) is 21.6 Å². The average molecular weight is 388 g/mol. The van der Waals surface area contributed by atoms with Gasteiger partial charge in [0.25, 0.3) is 0 Å². The second kappa shape index (κ2) is 6.76. The van der Waals surface area contributed by atoms with Gasteiger partial charge in [0.05, 0.1) is 25.1 Å². The second-order valence-electron chi connectivity index (χ2n) is 5.59. The molecule has 2 heterocycles. The average Bonchev–Trinajstić information content (AvgIpc) is 2.57. The second-order valence-corrected chi connectivity index (χ2v) is 7.53. The lowest BCUT2D eigenvalue weighted by atomic mass is 10.2. The molecule has 1 saturated heterocycles. The van der Waals surface area contributed by atoms with Crippen LogP contribution in [0.1, 0.15) is 5.56 Å². The summed E-state index contributed by atoms with van der Waals surface area (Å²) in [4.78, 5) is 3.68. The largest absolute Gasteiger partial charge is 0.497 e. The summed E-state index contributed by atoms with van der Waals surface area (Å²) in [6.45, 7) is -0.107. The molecule has 2 aromatic rings. The lowest BCUT2D eigenvalue weighted by Gasteiger charge is -2.37. The first-order valence-electron chi connectivity index (χ1n) is 7.55. The number of rotatable bonds is 5. The van der Waals surface area contributed by atoms with Crippen LogP contribution in [-0.4, -0.2) is 44.0 Å². The lowest BCUT2D eigenvalue weighted by molar-refractivity contribution is -0.140. The molecule has 1 fully saturated rings. The van der Waals surface area contributed by atoms with Crippen LogP contribution in [0.15, 0.2) is 47.5 Å². The third-order valence-corrected chi connectivity index (χ3v) is 5.71. The summed E-state index contributed by atoms with van der Waals surface area (Å²) in [5, 5.41) is 0. The predicted octanol–water partition coefficient (Wildman–Crippen LogP) is 2.56. The first-order chi connectivity index (χ1) is 12.2. The number of sulfonamides is 1. The van der Waals surface area contributed by atoms with Crippen LogP contribution >= 0.6 is 0 Å². The van der Waals surface area contributed by atoms with Crippen molar-refractivity contribution < 1.29 is 31.1 Å². The third-order valence-electron chi connectivity index (χ3n) is 3.87. The highest BCUT2D eigenvalue weighted by Gasteiger charge is 2.41. The Morgan fingerprint density at radius 1 is 1.15 bits per heavy atom. The van der Waals surface area contributed by atoms with Crippen LogP contribution in [0, 0.1) is 0 Å². The van der Waals surface area contributed by atoms with E-state index in [2.05, 4.69) is 4.98 Å². The fourth-order valence-corrected chi connectivity index (χ4v) is 3.93. The molecule has 1 aromatic carbocycles. The van der Waals surface area contributed by atoms with Gasteiger partial charge in [0, 0.05) is 6.20 Å². The summed E-state index contributed by atoms with van der Waals surface area (Å²) in [6, 6.07) is 7.88. The fourth-order valence-electron chi connectivity index (χ4n) is 2.43. The van der Waals surface area contributed by atoms with E-state index >= 15 is 0 Å². The van der Waals surface area contributed by atoms with Crippen LogP contribution in [0.25, 0.3) is 0 Å². The monoisotopic (exact) mass is 388 g/mol. The molecule has 1 aromatic heterocycles. The number of ether oxygens (including phenoxy) is 2. The molecule has 0 bridgehead atoms.